The molecule has 3 aliphatic rings. The number of piperazine rings is 1. The molecule has 0 unspecified atom stereocenters. The van der Waals surface area contributed by atoms with E-state index in [1.165, 1.54) is 25.9 Å². The number of benzene rings is 1. The SMILES string of the molecule is O=C(Cc1cc2c(cc1Br)OCCO2)N1CCN(CCN2CCCC2)CC1. The van der Waals surface area contributed by atoms with Gasteiger partial charge in [-0.05, 0) is 43.6 Å². The van der Waals surface area contributed by atoms with Gasteiger partial charge in [0.15, 0.2) is 11.5 Å². The standard InChI is InChI=1S/C20H28BrN3O3/c21-17-15-19-18(26-11-12-27-19)13-16(17)14-20(25)24-9-7-23(8-10-24)6-5-22-3-1-2-4-22/h13,15H,1-12,14H2. The molecule has 0 N–H and O–H groups in total. The number of carbonyl (C=O) groups is 1. The van der Waals surface area contributed by atoms with Crippen molar-refractivity contribution in [3.63, 3.8) is 0 Å². The lowest BCUT2D eigenvalue weighted by Gasteiger charge is -2.35. The van der Waals surface area contributed by atoms with Crippen LogP contribution < -0.4 is 9.47 Å². The first kappa shape index (κ1) is 19.0. The second-order valence-electron chi connectivity index (χ2n) is 7.54. The van der Waals surface area contributed by atoms with E-state index in [-0.39, 0.29) is 5.91 Å². The van der Waals surface area contributed by atoms with Crippen molar-refractivity contribution in [2.75, 3.05) is 65.6 Å². The molecular weight excluding hydrogens is 410 g/mol. The fraction of sp³-hybridized carbons (Fsp3) is 0.650. The molecule has 6 nitrogen and oxygen atoms in total. The Balaban J connectivity index is 1.27. The number of amides is 1. The van der Waals surface area contributed by atoms with Gasteiger partial charge in [0.25, 0.3) is 0 Å². The van der Waals surface area contributed by atoms with Crippen LogP contribution in [-0.2, 0) is 11.2 Å². The number of likely N-dealkylation sites (tertiary alicyclic amines) is 1. The number of halogens is 1. The molecule has 7 heteroatoms. The predicted molar refractivity (Wildman–Crippen MR) is 108 cm³/mol. The normalized spacial score (nSPS) is 20.9. The molecule has 3 heterocycles. The molecule has 0 aromatic heterocycles. The van der Waals surface area contributed by atoms with E-state index in [2.05, 4.69) is 25.7 Å². The first-order valence-electron chi connectivity index (χ1n) is 9.99. The third-order valence-electron chi connectivity index (χ3n) is 5.71. The Bertz CT molecular complexity index is 671. The average molecular weight is 438 g/mol. The zero-order valence-electron chi connectivity index (χ0n) is 15.8. The monoisotopic (exact) mass is 437 g/mol. The molecule has 1 amide bonds. The summed E-state index contributed by atoms with van der Waals surface area (Å²) >= 11 is 3.57. The molecular formula is C20H28BrN3O3. The number of hydrogen-bond acceptors (Lipinski definition) is 5. The van der Waals surface area contributed by atoms with E-state index in [4.69, 9.17) is 9.47 Å². The van der Waals surface area contributed by atoms with Gasteiger partial charge in [-0.1, -0.05) is 15.9 Å². The maximum absolute atomic E-state index is 12.8. The lowest BCUT2D eigenvalue weighted by molar-refractivity contribution is -0.132. The largest absolute Gasteiger partial charge is 0.486 e. The maximum Gasteiger partial charge on any atom is 0.227 e. The van der Waals surface area contributed by atoms with Gasteiger partial charge < -0.3 is 19.3 Å². The summed E-state index contributed by atoms with van der Waals surface area (Å²) < 4.78 is 12.1. The first-order chi connectivity index (χ1) is 13.2. The molecule has 0 atom stereocenters. The minimum absolute atomic E-state index is 0.187. The smallest absolute Gasteiger partial charge is 0.227 e. The van der Waals surface area contributed by atoms with Crippen LogP contribution in [0.4, 0.5) is 0 Å². The van der Waals surface area contributed by atoms with Crippen LogP contribution in [0.2, 0.25) is 0 Å². The van der Waals surface area contributed by atoms with Gasteiger partial charge in [0.05, 0.1) is 6.42 Å². The third kappa shape index (κ3) is 4.76. The van der Waals surface area contributed by atoms with Crippen molar-refractivity contribution >= 4 is 21.8 Å². The van der Waals surface area contributed by atoms with Crippen molar-refractivity contribution in [3.8, 4) is 11.5 Å². The van der Waals surface area contributed by atoms with Crippen LogP contribution in [0.15, 0.2) is 16.6 Å². The lowest BCUT2D eigenvalue weighted by atomic mass is 10.1. The quantitative estimate of drug-likeness (QED) is 0.704. The highest BCUT2D eigenvalue weighted by atomic mass is 79.9. The van der Waals surface area contributed by atoms with E-state index in [9.17, 15) is 4.79 Å². The van der Waals surface area contributed by atoms with E-state index in [0.717, 1.165) is 60.8 Å². The third-order valence-corrected chi connectivity index (χ3v) is 6.45. The zero-order chi connectivity index (χ0) is 18.6. The summed E-state index contributed by atoms with van der Waals surface area (Å²) in [5, 5.41) is 0. The van der Waals surface area contributed by atoms with E-state index in [1.807, 2.05) is 17.0 Å². The van der Waals surface area contributed by atoms with E-state index in [1.54, 1.807) is 0 Å². The summed E-state index contributed by atoms with van der Waals surface area (Å²) in [5.74, 6) is 1.67. The Labute approximate surface area is 169 Å². The van der Waals surface area contributed by atoms with Crippen LogP contribution in [0.3, 0.4) is 0 Å². The average Bonchev–Trinajstić information content (AvgIpc) is 3.21. The summed E-state index contributed by atoms with van der Waals surface area (Å²) in [6.45, 7) is 9.51. The Morgan fingerprint density at radius 1 is 0.889 bits per heavy atom. The minimum atomic E-state index is 0.187. The molecule has 0 spiro atoms. The van der Waals surface area contributed by atoms with Gasteiger partial charge >= 0.3 is 0 Å². The maximum atomic E-state index is 12.8. The Morgan fingerprint density at radius 2 is 1.48 bits per heavy atom. The van der Waals surface area contributed by atoms with Crippen LogP contribution >= 0.6 is 15.9 Å². The molecule has 4 rings (SSSR count). The predicted octanol–water partition coefficient (Wildman–Crippen LogP) is 2.00. The molecule has 27 heavy (non-hydrogen) atoms. The van der Waals surface area contributed by atoms with Gasteiger partial charge in [-0.25, -0.2) is 0 Å². The molecule has 148 valence electrons. The summed E-state index contributed by atoms with van der Waals surface area (Å²) in [6.07, 6.45) is 3.08. The van der Waals surface area contributed by atoms with Crippen LogP contribution in [0.25, 0.3) is 0 Å². The number of fused-ring (bicyclic) bond motifs is 1. The Kier molecular flexibility index (Phi) is 6.20. The second-order valence-corrected chi connectivity index (χ2v) is 8.39. The highest BCUT2D eigenvalue weighted by Gasteiger charge is 2.23. The van der Waals surface area contributed by atoms with Crippen LogP contribution in [0, 0.1) is 0 Å². The van der Waals surface area contributed by atoms with Crippen LogP contribution in [0.5, 0.6) is 11.5 Å². The molecule has 1 aromatic carbocycles. The molecule has 0 bridgehead atoms. The minimum Gasteiger partial charge on any atom is -0.486 e. The number of rotatable bonds is 5. The number of nitrogens with zero attached hydrogens (tertiary/aromatic N) is 3. The second kappa shape index (κ2) is 8.80. The lowest BCUT2D eigenvalue weighted by Crippen LogP contribution is -2.50. The van der Waals surface area contributed by atoms with Crippen molar-refractivity contribution in [1.82, 2.24) is 14.7 Å². The highest BCUT2D eigenvalue weighted by molar-refractivity contribution is 9.10. The molecule has 0 saturated carbocycles. The van der Waals surface area contributed by atoms with Crippen molar-refractivity contribution in [3.05, 3.63) is 22.2 Å². The summed E-state index contributed by atoms with van der Waals surface area (Å²) in [7, 11) is 0. The molecule has 1 aromatic rings. The van der Waals surface area contributed by atoms with Gasteiger partial charge in [-0.15, -0.1) is 0 Å². The topological polar surface area (TPSA) is 45.3 Å². The van der Waals surface area contributed by atoms with E-state index in [0.29, 0.717) is 19.6 Å². The highest BCUT2D eigenvalue weighted by Crippen LogP contribution is 2.35. The molecule has 2 saturated heterocycles. The van der Waals surface area contributed by atoms with Crippen molar-refractivity contribution < 1.29 is 14.3 Å². The molecule has 2 fully saturated rings. The van der Waals surface area contributed by atoms with Gasteiger partial charge in [-0.2, -0.15) is 0 Å². The molecule has 0 aliphatic carbocycles. The Morgan fingerprint density at radius 3 is 2.15 bits per heavy atom. The first-order valence-corrected chi connectivity index (χ1v) is 10.8. The summed E-state index contributed by atoms with van der Waals surface area (Å²) in [6, 6.07) is 3.84. The number of ether oxygens (including phenoxy) is 2. The fourth-order valence-corrected chi connectivity index (χ4v) is 4.49. The van der Waals surface area contributed by atoms with Crippen molar-refractivity contribution in [1.29, 1.82) is 0 Å². The van der Waals surface area contributed by atoms with Crippen molar-refractivity contribution in [2.45, 2.75) is 19.3 Å². The summed E-state index contributed by atoms with van der Waals surface area (Å²) in [5.41, 5.74) is 0.959. The van der Waals surface area contributed by atoms with Gasteiger partial charge in [-0.3, -0.25) is 9.69 Å². The number of carbonyl (C=O) groups excluding carboxylic acids is 1. The van der Waals surface area contributed by atoms with Crippen LogP contribution in [-0.4, -0.2) is 86.2 Å². The van der Waals surface area contributed by atoms with Gasteiger partial charge in [0.2, 0.25) is 5.91 Å². The van der Waals surface area contributed by atoms with Crippen LogP contribution in [0.1, 0.15) is 18.4 Å². The van der Waals surface area contributed by atoms with E-state index < -0.39 is 0 Å². The van der Waals surface area contributed by atoms with Gasteiger partial charge in [0.1, 0.15) is 13.2 Å². The fourth-order valence-electron chi connectivity index (χ4n) is 4.03. The zero-order valence-corrected chi connectivity index (χ0v) is 17.4. The van der Waals surface area contributed by atoms with Crippen molar-refractivity contribution in [2.24, 2.45) is 0 Å². The Hall–Kier alpha value is -1.31. The number of hydrogen-bond donors (Lipinski definition) is 0. The molecule has 3 aliphatic heterocycles. The van der Waals surface area contributed by atoms with E-state index >= 15 is 0 Å². The molecule has 0 radical (unpaired) electrons. The summed E-state index contributed by atoms with van der Waals surface area (Å²) in [4.78, 5) is 19.8. The van der Waals surface area contributed by atoms with Gasteiger partial charge in [0, 0.05) is 43.7 Å².